The lowest BCUT2D eigenvalue weighted by atomic mass is 10.0. The Morgan fingerprint density at radius 2 is 2.06 bits per heavy atom. The van der Waals surface area contributed by atoms with Crippen LogP contribution in [0.4, 0.5) is 0 Å². The molecule has 0 spiro atoms. The monoisotopic (exact) mass is 231 g/mol. The summed E-state index contributed by atoms with van der Waals surface area (Å²) in [5.41, 5.74) is 2.85. The van der Waals surface area contributed by atoms with E-state index >= 15 is 0 Å². The smallest absolute Gasteiger partial charge is 0.308 e. The number of aliphatic carboxylic acids is 1. The maximum Gasteiger partial charge on any atom is 0.308 e. The molecule has 0 radical (unpaired) electrons. The molecule has 0 aliphatic rings. The molecule has 2 aromatic rings. The lowest BCUT2D eigenvalue weighted by Gasteiger charge is -2.06. The van der Waals surface area contributed by atoms with Gasteiger partial charge in [0.05, 0.1) is 11.9 Å². The standard InChI is InChI=1S/C13H13NO3/c1-7-3-4-9-5-10(6-11(15)16)13(17)14-12(9)8(7)2/h3-5H,6H2,1-2H3,(H,14,17)(H,15,16). The van der Waals surface area contributed by atoms with Crippen LogP contribution in [0.3, 0.4) is 0 Å². The van der Waals surface area contributed by atoms with E-state index in [1.54, 1.807) is 6.07 Å². The van der Waals surface area contributed by atoms with Crippen LogP contribution in [-0.2, 0) is 11.2 Å². The van der Waals surface area contributed by atoms with Gasteiger partial charge in [0, 0.05) is 5.56 Å². The van der Waals surface area contributed by atoms with Crippen LogP contribution < -0.4 is 5.56 Å². The van der Waals surface area contributed by atoms with Gasteiger partial charge in [-0.15, -0.1) is 0 Å². The number of pyridine rings is 1. The first-order valence-corrected chi connectivity index (χ1v) is 5.33. The summed E-state index contributed by atoms with van der Waals surface area (Å²) >= 11 is 0. The normalized spacial score (nSPS) is 10.7. The fraction of sp³-hybridized carbons (Fsp3) is 0.231. The van der Waals surface area contributed by atoms with Crippen molar-refractivity contribution < 1.29 is 9.90 Å². The van der Waals surface area contributed by atoms with E-state index in [0.29, 0.717) is 0 Å². The van der Waals surface area contributed by atoms with Crippen molar-refractivity contribution in [1.82, 2.24) is 4.98 Å². The topological polar surface area (TPSA) is 70.2 Å². The van der Waals surface area contributed by atoms with E-state index in [1.807, 2.05) is 26.0 Å². The molecule has 1 aromatic carbocycles. The van der Waals surface area contributed by atoms with Gasteiger partial charge in [0.1, 0.15) is 0 Å². The number of hydrogen-bond acceptors (Lipinski definition) is 2. The molecule has 0 aliphatic heterocycles. The highest BCUT2D eigenvalue weighted by Crippen LogP contribution is 2.18. The van der Waals surface area contributed by atoms with Crippen molar-refractivity contribution in [3.63, 3.8) is 0 Å². The molecule has 2 N–H and O–H groups in total. The molecule has 0 bridgehead atoms. The molecule has 0 unspecified atom stereocenters. The molecule has 4 heteroatoms. The van der Waals surface area contributed by atoms with E-state index in [1.165, 1.54) is 0 Å². The van der Waals surface area contributed by atoms with E-state index in [2.05, 4.69) is 4.98 Å². The largest absolute Gasteiger partial charge is 0.481 e. The number of H-pyrrole nitrogens is 1. The molecule has 1 heterocycles. The van der Waals surface area contributed by atoms with Crippen LogP contribution in [0.2, 0.25) is 0 Å². The van der Waals surface area contributed by atoms with Crippen molar-refractivity contribution >= 4 is 16.9 Å². The number of carbonyl (C=O) groups is 1. The van der Waals surface area contributed by atoms with E-state index in [0.717, 1.165) is 22.0 Å². The van der Waals surface area contributed by atoms with Crippen molar-refractivity contribution in [2.75, 3.05) is 0 Å². The molecule has 2 rings (SSSR count). The Morgan fingerprint density at radius 3 is 2.71 bits per heavy atom. The highest BCUT2D eigenvalue weighted by molar-refractivity contribution is 5.84. The first-order chi connectivity index (χ1) is 7.99. The van der Waals surface area contributed by atoms with E-state index in [-0.39, 0.29) is 17.5 Å². The predicted octanol–water partition coefficient (Wildman–Crippen LogP) is 1.77. The molecule has 17 heavy (non-hydrogen) atoms. The number of aryl methyl sites for hydroxylation is 2. The van der Waals surface area contributed by atoms with Gasteiger partial charge in [-0.05, 0) is 36.4 Å². The number of nitrogens with one attached hydrogen (secondary N) is 1. The zero-order chi connectivity index (χ0) is 12.6. The van der Waals surface area contributed by atoms with Gasteiger partial charge in [0.15, 0.2) is 0 Å². The number of carboxylic acid groups (broad SMARTS) is 1. The molecule has 0 fully saturated rings. The molecular formula is C13H13NO3. The molecule has 0 amide bonds. The average molecular weight is 231 g/mol. The first-order valence-electron chi connectivity index (χ1n) is 5.33. The Kier molecular flexibility index (Phi) is 2.71. The minimum Gasteiger partial charge on any atom is -0.481 e. The summed E-state index contributed by atoms with van der Waals surface area (Å²) in [7, 11) is 0. The van der Waals surface area contributed by atoms with Crippen LogP contribution in [0.1, 0.15) is 16.7 Å². The van der Waals surface area contributed by atoms with Gasteiger partial charge in [-0.25, -0.2) is 0 Å². The molecule has 0 saturated heterocycles. The molecular weight excluding hydrogens is 218 g/mol. The number of aromatic amines is 1. The molecule has 1 aromatic heterocycles. The molecule has 88 valence electrons. The van der Waals surface area contributed by atoms with Crippen LogP contribution in [0.5, 0.6) is 0 Å². The summed E-state index contributed by atoms with van der Waals surface area (Å²) in [5, 5.41) is 9.57. The second-order valence-corrected chi connectivity index (χ2v) is 4.17. The zero-order valence-corrected chi connectivity index (χ0v) is 9.70. The van der Waals surface area contributed by atoms with E-state index in [4.69, 9.17) is 5.11 Å². The maximum atomic E-state index is 11.7. The maximum absolute atomic E-state index is 11.7. The summed E-state index contributed by atoms with van der Waals surface area (Å²) in [6, 6.07) is 5.49. The van der Waals surface area contributed by atoms with Gasteiger partial charge >= 0.3 is 5.97 Å². The first kappa shape index (κ1) is 11.4. The second-order valence-electron chi connectivity index (χ2n) is 4.17. The third kappa shape index (κ3) is 2.06. The number of carboxylic acids is 1. The highest BCUT2D eigenvalue weighted by Gasteiger charge is 2.08. The third-order valence-corrected chi connectivity index (χ3v) is 2.97. The molecule has 0 atom stereocenters. The molecule has 4 nitrogen and oxygen atoms in total. The van der Waals surface area contributed by atoms with Crippen LogP contribution in [0.25, 0.3) is 10.9 Å². The van der Waals surface area contributed by atoms with Crippen LogP contribution >= 0.6 is 0 Å². The molecule has 0 saturated carbocycles. The van der Waals surface area contributed by atoms with Crippen LogP contribution in [-0.4, -0.2) is 16.1 Å². The SMILES string of the molecule is Cc1ccc2cc(CC(=O)O)c(=O)[nH]c2c1C. The van der Waals surface area contributed by atoms with Crippen molar-refractivity contribution in [2.24, 2.45) is 0 Å². The number of hydrogen-bond donors (Lipinski definition) is 2. The average Bonchev–Trinajstić information content (AvgIpc) is 2.25. The van der Waals surface area contributed by atoms with Gasteiger partial charge in [-0.3, -0.25) is 9.59 Å². The van der Waals surface area contributed by atoms with Crippen molar-refractivity contribution in [2.45, 2.75) is 20.3 Å². The van der Waals surface area contributed by atoms with E-state index in [9.17, 15) is 9.59 Å². The van der Waals surface area contributed by atoms with Crippen molar-refractivity contribution in [3.8, 4) is 0 Å². The van der Waals surface area contributed by atoms with Crippen LogP contribution in [0, 0.1) is 13.8 Å². The minimum atomic E-state index is -1.00. The Bertz CT molecular complexity index is 655. The minimum absolute atomic E-state index is 0.252. The van der Waals surface area contributed by atoms with Crippen molar-refractivity contribution in [3.05, 3.63) is 45.2 Å². The van der Waals surface area contributed by atoms with Gasteiger partial charge in [-0.2, -0.15) is 0 Å². The van der Waals surface area contributed by atoms with Gasteiger partial charge < -0.3 is 10.1 Å². The zero-order valence-electron chi connectivity index (χ0n) is 9.70. The van der Waals surface area contributed by atoms with E-state index < -0.39 is 5.97 Å². The number of fused-ring (bicyclic) bond motifs is 1. The predicted molar refractivity (Wildman–Crippen MR) is 65.4 cm³/mol. The summed E-state index contributed by atoms with van der Waals surface area (Å²) in [6.07, 6.45) is -0.252. The summed E-state index contributed by atoms with van der Waals surface area (Å²) in [4.78, 5) is 25.1. The molecule has 0 aliphatic carbocycles. The fourth-order valence-corrected chi connectivity index (χ4v) is 1.86. The van der Waals surface area contributed by atoms with Gasteiger partial charge in [0.25, 0.3) is 5.56 Å². The summed E-state index contributed by atoms with van der Waals surface area (Å²) in [5.74, 6) is -1.00. The third-order valence-electron chi connectivity index (χ3n) is 2.97. The number of rotatable bonds is 2. The lowest BCUT2D eigenvalue weighted by molar-refractivity contribution is -0.136. The Labute approximate surface area is 97.9 Å². The lowest BCUT2D eigenvalue weighted by Crippen LogP contribution is -2.16. The number of aromatic nitrogens is 1. The summed E-state index contributed by atoms with van der Waals surface area (Å²) < 4.78 is 0. The Morgan fingerprint density at radius 1 is 1.35 bits per heavy atom. The number of benzene rings is 1. The summed E-state index contributed by atoms with van der Waals surface area (Å²) in [6.45, 7) is 3.91. The second kappa shape index (κ2) is 4.05. The highest BCUT2D eigenvalue weighted by atomic mass is 16.4. The van der Waals surface area contributed by atoms with Gasteiger partial charge in [-0.1, -0.05) is 12.1 Å². The van der Waals surface area contributed by atoms with Crippen molar-refractivity contribution in [1.29, 1.82) is 0 Å². The fourth-order valence-electron chi connectivity index (χ4n) is 1.86. The quantitative estimate of drug-likeness (QED) is 0.827. The van der Waals surface area contributed by atoms with Crippen LogP contribution in [0.15, 0.2) is 23.0 Å². The van der Waals surface area contributed by atoms with Gasteiger partial charge in [0.2, 0.25) is 0 Å². The Balaban J connectivity index is 2.71. The Hall–Kier alpha value is -2.10.